The maximum Gasteiger partial charge on any atom is 0.309 e. The molecule has 5 aliphatic carbocycles. The van der Waals surface area contributed by atoms with Crippen molar-refractivity contribution in [2.45, 2.75) is 117 Å². The average molecular weight is 505 g/mol. The minimum atomic E-state index is -1.57. The lowest BCUT2D eigenvalue weighted by atomic mass is 9.29. The highest BCUT2D eigenvalue weighted by molar-refractivity contribution is 5.74. The predicted molar refractivity (Wildman–Crippen MR) is 135 cm³/mol. The molecule has 1 saturated heterocycles. The highest BCUT2D eigenvalue weighted by atomic mass is 16.6. The zero-order valence-corrected chi connectivity index (χ0v) is 23.1. The number of hydrogen-bond acceptors (Lipinski definition) is 5. The maximum absolute atomic E-state index is 12.3. The lowest BCUT2D eigenvalue weighted by Crippen LogP contribution is -2.72. The van der Waals surface area contributed by atoms with E-state index in [0.29, 0.717) is 25.4 Å². The standard InChI is InChI=1S/C30H48O6/c1-17-29-16-36-30(17,35)22(32)14-19(29)26(4)10-12-28(6)20-15-25(3,23(33)34)8-7-24(20,2)9-11-27(28,5)18(26)13-21(29)31/h17-22,31-32,35H,7-16H2,1-6H3,(H,33,34)/t17-,18+,19+,20-,21-,22-,24-,25-,26-,27-,28+,29-,30-/m1/s1. The fraction of sp³-hybridized carbons (Fsp3) is 0.967. The first-order valence-corrected chi connectivity index (χ1v) is 14.5. The Morgan fingerprint density at radius 1 is 0.806 bits per heavy atom. The highest BCUT2D eigenvalue weighted by Gasteiger charge is 2.77. The molecule has 0 radical (unpaired) electrons. The Bertz CT molecular complexity index is 984. The molecule has 6 aliphatic rings. The molecule has 0 unspecified atom stereocenters. The van der Waals surface area contributed by atoms with Gasteiger partial charge in [0.15, 0.2) is 5.79 Å². The molecule has 1 spiro atoms. The molecule has 6 heteroatoms. The first-order chi connectivity index (χ1) is 16.5. The van der Waals surface area contributed by atoms with Gasteiger partial charge in [0.1, 0.15) is 6.10 Å². The molecule has 6 fully saturated rings. The van der Waals surface area contributed by atoms with E-state index in [1.165, 1.54) is 0 Å². The van der Waals surface area contributed by atoms with Crippen molar-refractivity contribution in [2.75, 3.05) is 6.61 Å². The SMILES string of the molecule is C[C@H]1[C@@]2(O)OC[C@@]13[C@H](O)C[C@H]1[C@@](C)(CC[C@@]4(C)[C@@H]5C[C@](C)(C(=O)O)CC[C@]5(C)CC[C@]14C)[C@@H]3C[C@H]2O. The summed E-state index contributed by atoms with van der Waals surface area (Å²) in [4.78, 5) is 12.3. The van der Waals surface area contributed by atoms with Crippen LogP contribution in [0.3, 0.4) is 0 Å². The Hall–Kier alpha value is -0.690. The molecule has 5 saturated carbocycles. The van der Waals surface area contributed by atoms with E-state index in [2.05, 4.69) is 27.7 Å². The van der Waals surface area contributed by atoms with Crippen molar-refractivity contribution in [3.05, 3.63) is 0 Å². The number of aliphatic carboxylic acids is 1. The molecule has 36 heavy (non-hydrogen) atoms. The van der Waals surface area contributed by atoms with Crippen molar-refractivity contribution in [3.8, 4) is 0 Å². The third-order valence-corrected chi connectivity index (χ3v) is 14.7. The number of carboxylic acids is 1. The van der Waals surface area contributed by atoms with Gasteiger partial charge in [0, 0.05) is 11.3 Å². The van der Waals surface area contributed by atoms with E-state index in [9.17, 15) is 25.2 Å². The van der Waals surface area contributed by atoms with Crippen molar-refractivity contribution < 1.29 is 30.0 Å². The fourth-order valence-corrected chi connectivity index (χ4v) is 11.9. The predicted octanol–water partition coefficient (Wildman–Crippen LogP) is 4.59. The van der Waals surface area contributed by atoms with Crippen LogP contribution in [0.5, 0.6) is 0 Å². The molecule has 1 heterocycles. The third kappa shape index (κ3) is 2.62. The molecule has 0 aromatic carbocycles. The Labute approximate surface area is 216 Å². The van der Waals surface area contributed by atoms with Crippen LogP contribution < -0.4 is 0 Å². The van der Waals surface area contributed by atoms with Crippen molar-refractivity contribution in [1.82, 2.24) is 0 Å². The molecule has 6 nitrogen and oxygen atoms in total. The van der Waals surface area contributed by atoms with Crippen molar-refractivity contribution in [3.63, 3.8) is 0 Å². The molecular weight excluding hydrogens is 456 g/mol. The van der Waals surface area contributed by atoms with E-state index in [4.69, 9.17) is 4.74 Å². The normalized spacial score (nSPS) is 64.0. The van der Waals surface area contributed by atoms with Crippen LogP contribution in [0.2, 0.25) is 0 Å². The summed E-state index contributed by atoms with van der Waals surface area (Å²) in [6, 6.07) is 0. The van der Waals surface area contributed by atoms with Gasteiger partial charge in [0.25, 0.3) is 0 Å². The van der Waals surface area contributed by atoms with E-state index >= 15 is 0 Å². The zero-order valence-electron chi connectivity index (χ0n) is 23.1. The van der Waals surface area contributed by atoms with Crippen molar-refractivity contribution in [1.29, 1.82) is 0 Å². The second-order valence-electron chi connectivity index (χ2n) is 15.6. The summed E-state index contributed by atoms with van der Waals surface area (Å²) in [6.45, 7) is 14.0. The summed E-state index contributed by atoms with van der Waals surface area (Å²) >= 11 is 0. The molecule has 1 aliphatic heterocycles. The molecule has 0 aromatic heterocycles. The highest BCUT2D eigenvalue weighted by Crippen LogP contribution is 2.79. The molecule has 13 atom stereocenters. The second-order valence-corrected chi connectivity index (χ2v) is 15.6. The number of carbonyl (C=O) groups is 1. The number of carboxylic acid groups (broad SMARTS) is 1. The maximum atomic E-state index is 12.3. The van der Waals surface area contributed by atoms with E-state index in [0.717, 1.165) is 44.9 Å². The summed E-state index contributed by atoms with van der Waals surface area (Å²) in [7, 11) is 0. The van der Waals surface area contributed by atoms with Gasteiger partial charge in [-0.05, 0) is 104 Å². The van der Waals surface area contributed by atoms with Gasteiger partial charge in [-0.1, -0.05) is 34.6 Å². The van der Waals surface area contributed by atoms with Gasteiger partial charge >= 0.3 is 5.97 Å². The molecule has 2 bridgehead atoms. The first kappa shape index (κ1) is 25.6. The van der Waals surface area contributed by atoms with Gasteiger partial charge in [0.05, 0.1) is 18.1 Å². The first-order valence-electron chi connectivity index (χ1n) is 14.5. The Balaban J connectivity index is 1.43. The summed E-state index contributed by atoms with van der Waals surface area (Å²) in [6.07, 6.45) is 6.37. The summed E-state index contributed by atoms with van der Waals surface area (Å²) < 4.78 is 5.92. The molecule has 6 rings (SSSR count). The lowest BCUT2D eigenvalue weighted by Gasteiger charge is -2.75. The van der Waals surface area contributed by atoms with Gasteiger partial charge in [0.2, 0.25) is 0 Å². The summed E-state index contributed by atoms with van der Waals surface area (Å²) in [5.74, 6) is -1.84. The van der Waals surface area contributed by atoms with Crippen LogP contribution in [-0.4, -0.2) is 51.0 Å². The van der Waals surface area contributed by atoms with Gasteiger partial charge in [-0.25, -0.2) is 0 Å². The van der Waals surface area contributed by atoms with Crippen LogP contribution in [0.25, 0.3) is 0 Å². The lowest BCUT2D eigenvalue weighted by molar-refractivity contribution is -0.305. The van der Waals surface area contributed by atoms with Crippen molar-refractivity contribution >= 4 is 5.97 Å². The second kappa shape index (κ2) is 7.08. The smallest absolute Gasteiger partial charge is 0.309 e. The van der Waals surface area contributed by atoms with E-state index in [1.807, 2.05) is 13.8 Å². The number of aliphatic hydroxyl groups is 3. The average Bonchev–Trinajstić information content (AvgIpc) is 3.01. The van der Waals surface area contributed by atoms with E-state index < -0.39 is 34.8 Å². The van der Waals surface area contributed by atoms with Crippen molar-refractivity contribution in [2.24, 2.45) is 56.2 Å². The van der Waals surface area contributed by atoms with Crippen LogP contribution in [-0.2, 0) is 9.53 Å². The number of hydrogen-bond donors (Lipinski definition) is 4. The Morgan fingerprint density at radius 3 is 2.06 bits per heavy atom. The number of fused-ring (bicyclic) bond motifs is 7. The number of ether oxygens (including phenoxy) is 1. The van der Waals surface area contributed by atoms with E-state index in [1.54, 1.807) is 0 Å². The van der Waals surface area contributed by atoms with Gasteiger partial charge in [-0.3, -0.25) is 4.79 Å². The van der Waals surface area contributed by atoms with Crippen LogP contribution in [0.15, 0.2) is 0 Å². The Kier molecular flexibility index (Phi) is 5.03. The summed E-state index contributed by atoms with van der Waals surface area (Å²) in [5.41, 5.74) is -1.13. The summed E-state index contributed by atoms with van der Waals surface area (Å²) in [5, 5.41) is 44.3. The van der Waals surface area contributed by atoms with E-state index in [-0.39, 0.29) is 39.4 Å². The number of rotatable bonds is 1. The minimum absolute atomic E-state index is 0.00264. The molecular formula is C30H48O6. The minimum Gasteiger partial charge on any atom is -0.481 e. The zero-order chi connectivity index (χ0) is 26.3. The van der Waals surface area contributed by atoms with Gasteiger partial charge in [-0.15, -0.1) is 0 Å². The van der Waals surface area contributed by atoms with Crippen LogP contribution in [0, 0.1) is 56.2 Å². The van der Waals surface area contributed by atoms with Gasteiger partial charge < -0.3 is 25.2 Å². The van der Waals surface area contributed by atoms with Gasteiger partial charge in [-0.2, -0.15) is 0 Å². The van der Waals surface area contributed by atoms with Crippen LogP contribution in [0.1, 0.15) is 99.3 Å². The van der Waals surface area contributed by atoms with Crippen LogP contribution >= 0.6 is 0 Å². The third-order valence-electron chi connectivity index (χ3n) is 14.7. The number of aliphatic hydroxyl groups excluding tert-OH is 2. The molecule has 4 N–H and O–H groups in total. The topological polar surface area (TPSA) is 107 Å². The monoisotopic (exact) mass is 504 g/mol. The molecule has 0 aromatic rings. The quantitative estimate of drug-likeness (QED) is 0.416. The fourth-order valence-electron chi connectivity index (χ4n) is 11.9. The van der Waals surface area contributed by atoms with Crippen LogP contribution in [0.4, 0.5) is 0 Å². The molecule has 0 amide bonds. The molecule has 204 valence electrons. The largest absolute Gasteiger partial charge is 0.481 e. The Morgan fingerprint density at radius 2 is 1.39 bits per heavy atom.